The summed E-state index contributed by atoms with van der Waals surface area (Å²) >= 11 is 4.44. The summed E-state index contributed by atoms with van der Waals surface area (Å²) in [7, 11) is 0. The van der Waals surface area contributed by atoms with Crippen LogP contribution in [0.1, 0.15) is 32.8 Å². The molecule has 0 aliphatic heterocycles. The Bertz CT molecular complexity index is 293. The maximum Gasteiger partial charge on any atom is 0.0236 e. The highest BCUT2D eigenvalue weighted by Gasteiger charge is 2.14. The Balaban J connectivity index is 2.60. The fraction of sp³-hybridized carbons (Fsp3) is 0.600. The normalized spacial score (nSPS) is 13.3. The second-order valence-corrected chi connectivity index (χ2v) is 5.33. The highest BCUT2D eigenvalue weighted by atomic mass is 32.1. The van der Waals surface area contributed by atoms with Crippen LogP contribution in [-0.4, -0.2) is 23.2 Å². The molecule has 0 heterocycles. The molecule has 0 saturated carbocycles. The Labute approximate surface area is 112 Å². The topological polar surface area (TPSA) is 3.24 Å². The zero-order valence-corrected chi connectivity index (χ0v) is 12.2. The van der Waals surface area contributed by atoms with Crippen molar-refractivity contribution in [3.8, 4) is 0 Å². The molecule has 0 bridgehead atoms. The van der Waals surface area contributed by atoms with Crippen molar-refractivity contribution in [1.29, 1.82) is 0 Å². The summed E-state index contributed by atoms with van der Waals surface area (Å²) in [5.74, 6) is 1.68. The fourth-order valence-corrected chi connectivity index (χ4v) is 2.30. The molecular formula is C15H25NS. The van der Waals surface area contributed by atoms with Gasteiger partial charge in [0.25, 0.3) is 0 Å². The van der Waals surface area contributed by atoms with Crippen LogP contribution in [0.15, 0.2) is 30.3 Å². The molecule has 0 radical (unpaired) electrons. The minimum Gasteiger partial charge on any atom is -0.296 e. The summed E-state index contributed by atoms with van der Waals surface area (Å²) in [6.07, 6.45) is 1.21. The van der Waals surface area contributed by atoms with Gasteiger partial charge in [-0.15, -0.1) is 0 Å². The summed E-state index contributed by atoms with van der Waals surface area (Å²) < 4.78 is 0. The molecule has 0 N–H and O–H groups in total. The van der Waals surface area contributed by atoms with Crippen LogP contribution in [0.25, 0.3) is 0 Å². The van der Waals surface area contributed by atoms with Gasteiger partial charge in [0.05, 0.1) is 0 Å². The predicted octanol–water partition coefficient (Wildman–Crippen LogP) is 3.85. The van der Waals surface area contributed by atoms with Gasteiger partial charge in [0, 0.05) is 19.1 Å². The van der Waals surface area contributed by atoms with E-state index >= 15 is 0 Å². The number of hydrogen-bond acceptors (Lipinski definition) is 2. The highest BCUT2D eigenvalue weighted by Crippen LogP contribution is 2.14. The molecule has 2 heteroatoms. The smallest absolute Gasteiger partial charge is 0.0236 e. The SMILES string of the molecule is CCC(CS)CN(Cc1ccccc1)C(C)C. The van der Waals surface area contributed by atoms with Gasteiger partial charge >= 0.3 is 0 Å². The average molecular weight is 251 g/mol. The van der Waals surface area contributed by atoms with Gasteiger partial charge in [0.2, 0.25) is 0 Å². The lowest BCUT2D eigenvalue weighted by molar-refractivity contribution is 0.183. The number of benzene rings is 1. The highest BCUT2D eigenvalue weighted by molar-refractivity contribution is 7.80. The van der Waals surface area contributed by atoms with E-state index in [4.69, 9.17) is 0 Å². The molecule has 0 spiro atoms. The Morgan fingerprint density at radius 2 is 1.82 bits per heavy atom. The fourth-order valence-electron chi connectivity index (χ4n) is 1.92. The molecule has 17 heavy (non-hydrogen) atoms. The van der Waals surface area contributed by atoms with Crippen LogP contribution < -0.4 is 0 Å². The molecule has 0 amide bonds. The van der Waals surface area contributed by atoms with Crippen molar-refractivity contribution in [3.05, 3.63) is 35.9 Å². The van der Waals surface area contributed by atoms with Gasteiger partial charge in [-0.3, -0.25) is 4.90 Å². The third-order valence-corrected chi connectivity index (χ3v) is 3.80. The molecule has 96 valence electrons. The first-order valence-electron chi connectivity index (χ1n) is 6.56. The van der Waals surface area contributed by atoms with Crippen LogP contribution in [0, 0.1) is 5.92 Å². The van der Waals surface area contributed by atoms with Crippen molar-refractivity contribution in [2.45, 2.75) is 39.8 Å². The van der Waals surface area contributed by atoms with Crippen LogP contribution in [-0.2, 0) is 6.54 Å². The molecule has 0 aromatic heterocycles. The molecule has 1 nitrogen and oxygen atoms in total. The van der Waals surface area contributed by atoms with Crippen molar-refractivity contribution in [2.75, 3.05) is 12.3 Å². The van der Waals surface area contributed by atoms with E-state index in [9.17, 15) is 0 Å². The summed E-state index contributed by atoms with van der Waals surface area (Å²) in [6.45, 7) is 8.99. The molecule has 0 aliphatic carbocycles. The standard InChI is InChI=1S/C15H25NS/c1-4-14(12-17)10-16(13(2)3)11-15-8-6-5-7-9-15/h5-9,13-14,17H,4,10-12H2,1-3H3. The number of hydrogen-bond donors (Lipinski definition) is 1. The third-order valence-electron chi connectivity index (χ3n) is 3.29. The van der Waals surface area contributed by atoms with E-state index in [1.165, 1.54) is 12.0 Å². The molecule has 1 aromatic carbocycles. The Morgan fingerprint density at radius 1 is 1.18 bits per heavy atom. The van der Waals surface area contributed by atoms with E-state index in [1.807, 2.05) is 0 Å². The van der Waals surface area contributed by atoms with Gasteiger partial charge in [0.1, 0.15) is 0 Å². The lowest BCUT2D eigenvalue weighted by Gasteiger charge is -2.30. The quantitative estimate of drug-likeness (QED) is 0.720. The van der Waals surface area contributed by atoms with Crippen LogP contribution in [0.2, 0.25) is 0 Å². The molecule has 1 unspecified atom stereocenters. The molecule has 0 fully saturated rings. The average Bonchev–Trinajstić information content (AvgIpc) is 2.35. The van der Waals surface area contributed by atoms with Crippen molar-refractivity contribution < 1.29 is 0 Å². The second-order valence-electron chi connectivity index (χ2n) is 4.97. The van der Waals surface area contributed by atoms with Gasteiger partial charge in [-0.2, -0.15) is 12.6 Å². The summed E-state index contributed by atoms with van der Waals surface area (Å²) in [5, 5.41) is 0. The molecule has 0 saturated heterocycles. The zero-order chi connectivity index (χ0) is 12.7. The molecule has 1 aromatic rings. The zero-order valence-electron chi connectivity index (χ0n) is 11.3. The Morgan fingerprint density at radius 3 is 2.29 bits per heavy atom. The van der Waals surface area contributed by atoms with Crippen LogP contribution in [0.5, 0.6) is 0 Å². The minimum atomic E-state index is 0.587. The van der Waals surface area contributed by atoms with Crippen molar-refractivity contribution >= 4 is 12.6 Å². The first-order chi connectivity index (χ1) is 8.17. The van der Waals surface area contributed by atoms with Crippen molar-refractivity contribution in [3.63, 3.8) is 0 Å². The van der Waals surface area contributed by atoms with E-state index in [1.54, 1.807) is 0 Å². The number of nitrogens with zero attached hydrogens (tertiary/aromatic N) is 1. The monoisotopic (exact) mass is 251 g/mol. The molecular weight excluding hydrogens is 226 g/mol. The maximum absolute atomic E-state index is 4.44. The van der Waals surface area contributed by atoms with Crippen LogP contribution in [0.4, 0.5) is 0 Å². The van der Waals surface area contributed by atoms with E-state index in [-0.39, 0.29) is 0 Å². The van der Waals surface area contributed by atoms with Crippen LogP contribution in [0.3, 0.4) is 0 Å². The second kappa shape index (κ2) is 7.78. The molecule has 0 aliphatic rings. The first kappa shape index (κ1) is 14.6. The predicted molar refractivity (Wildman–Crippen MR) is 79.6 cm³/mol. The van der Waals surface area contributed by atoms with Gasteiger partial charge in [0.15, 0.2) is 0 Å². The number of rotatable bonds is 7. The van der Waals surface area contributed by atoms with Gasteiger partial charge in [-0.1, -0.05) is 43.7 Å². The first-order valence-corrected chi connectivity index (χ1v) is 7.19. The Kier molecular flexibility index (Phi) is 6.68. The van der Waals surface area contributed by atoms with E-state index < -0.39 is 0 Å². The summed E-state index contributed by atoms with van der Waals surface area (Å²) in [6, 6.07) is 11.3. The largest absolute Gasteiger partial charge is 0.296 e. The molecule has 1 atom stereocenters. The Hall–Kier alpha value is -0.470. The minimum absolute atomic E-state index is 0.587. The van der Waals surface area contributed by atoms with Gasteiger partial charge in [-0.05, 0) is 31.1 Å². The number of thiol groups is 1. The lowest BCUT2D eigenvalue weighted by atomic mass is 10.1. The van der Waals surface area contributed by atoms with E-state index in [0.717, 1.165) is 18.8 Å². The van der Waals surface area contributed by atoms with Crippen molar-refractivity contribution in [2.24, 2.45) is 5.92 Å². The van der Waals surface area contributed by atoms with Crippen molar-refractivity contribution in [1.82, 2.24) is 4.90 Å². The summed E-state index contributed by atoms with van der Waals surface area (Å²) in [5.41, 5.74) is 1.40. The lowest BCUT2D eigenvalue weighted by Crippen LogP contribution is -2.35. The summed E-state index contributed by atoms with van der Waals surface area (Å²) in [4.78, 5) is 2.54. The van der Waals surface area contributed by atoms with E-state index in [2.05, 4.69) is 68.6 Å². The third kappa shape index (κ3) is 5.13. The van der Waals surface area contributed by atoms with Crippen LogP contribution >= 0.6 is 12.6 Å². The van der Waals surface area contributed by atoms with Gasteiger partial charge in [-0.25, -0.2) is 0 Å². The maximum atomic E-state index is 4.44. The van der Waals surface area contributed by atoms with E-state index in [0.29, 0.717) is 12.0 Å². The molecule has 1 rings (SSSR count). The van der Waals surface area contributed by atoms with Gasteiger partial charge < -0.3 is 0 Å².